The van der Waals surface area contributed by atoms with E-state index in [0.29, 0.717) is 13.0 Å². The molecule has 2 aromatic carbocycles. The van der Waals surface area contributed by atoms with Gasteiger partial charge in [0.05, 0.1) is 5.75 Å². The summed E-state index contributed by atoms with van der Waals surface area (Å²) >= 11 is 0. The second-order valence-corrected chi connectivity index (χ2v) is 7.68. The molecule has 0 aliphatic heterocycles. The Morgan fingerprint density at radius 1 is 1.00 bits per heavy atom. The highest BCUT2D eigenvalue weighted by atomic mass is 32.2. The molecule has 0 atom stereocenters. The van der Waals surface area contributed by atoms with Crippen LogP contribution in [-0.2, 0) is 23.0 Å². The summed E-state index contributed by atoms with van der Waals surface area (Å²) in [4.78, 5) is 3.26. The second kappa shape index (κ2) is 6.56. The lowest BCUT2D eigenvalue weighted by atomic mass is 10.1. The van der Waals surface area contributed by atoms with E-state index in [0.717, 1.165) is 27.7 Å². The molecule has 0 saturated carbocycles. The molecule has 4 nitrogen and oxygen atoms in total. The first-order valence-electron chi connectivity index (χ1n) is 7.61. The Morgan fingerprint density at radius 3 is 2.57 bits per heavy atom. The van der Waals surface area contributed by atoms with Gasteiger partial charge in [-0.1, -0.05) is 36.4 Å². The molecule has 0 aliphatic carbocycles. The van der Waals surface area contributed by atoms with Gasteiger partial charge in [0.1, 0.15) is 0 Å². The van der Waals surface area contributed by atoms with Gasteiger partial charge in [0, 0.05) is 17.8 Å². The van der Waals surface area contributed by atoms with Crippen LogP contribution < -0.4 is 4.72 Å². The van der Waals surface area contributed by atoms with Crippen molar-refractivity contribution >= 4 is 20.9 Å². The summed E-state index contributed by atoms with van der Waals surface area (Å²) in [6.07, 6.45) is 0.520. The van der Waals surface area contributed by atoms with Crippen LogP contribution in [0.3, 0.4) is 0 Å². The molecule has 23 heavy (non-hydrogen) atoms. The van der Waals surface area contributed by atoms with Gasteiger partial charge in [-0.15, -0.1) is 0 Å². The summed E-state index contributed by atoms with van der Waals surface area (Å²) in [5.74, 6) is 0.0997. The van der Waals surface area contributed by atoms with Crippen molar-refractivity contribution in [2.45, 2.75) is 19.9 Å². The number of nitrogens with one attached hydrogen (secondary N) is 2. The molecular weight excluding hydrogens is 308 g/mol. The van der Waals surface area contributed by atoms with Crippen LogP contribution in [0.4, 0.5) is 0 Å². The van der Waals surface area contributed by atoms with Crippen LogP contribution in [0.5, 0.6) is 0 Å². The predicted octanol–water partition coefficient (Wildman–Crippen LogP) is 3.14. The topological polar surface area (TPSA) is 62.0 Å². The quantitative estimate of drug-likeness (QED) is 0.730. The van der Waals surface area contributed by atoms with Crippen LogP contribution in [0.1, 0.15) is 16.8 Å². The summed E-state index contributed by atoms with van der Waals surface area (Å²) in [7, 11) is -3.28. The monoisotopic (exact) mass is 328 g/mol. The fourth-order valence-corrected chi connectivity index (χ4v) is 3.63. The number of rotatable bonds is 6. The van der Waals surface area contributed by atoms with E-state index in [9.17, 15) is 8.42 Å². The van der Waals surface area contributed by atoms with Crippen molar-refractivity contribution in [3.05, 3.63) is 71.4 Å². The zero-order valence-corrected chi connectivity index (χ0v) is 13.9. The molecule has 0 saturated heterocycles. The third-order valence-electron chi connectivity index (χ3n) is 3.82. The molecule has 0 amide bonds. The van der Waals surface area contributed by atoms with E-state index in [-0.39, 0.29) is 5.75 Å². The summed E-state index contributed by atoms with van der Waals surface area (Å²) in [5.41, 5.74) is 4.15. The predicted molar refractivity (Wildman–Crippen MR) is 93.8 cm³/mol. The standard InChI is InChI=1S/C18H20N2O2S/c1-14-11-17-12-16(7-8-18(17)20-14)13-19-23(21,22)10-9-15-5-3-2-4-6-15/h2-8,11-12,19-20H,9-10,13H2,1H3. The van der Waals surface area contributed by atoms with Gasteiger partial charge in [-0.05, 0) is 48.1 Å². The van der Waals surface area contributed by atoms with Crippen LogP contribution in [0.25, 0.3) is 10.9 Å². The largest absolute Gasteiger partial charge is 0.359 e. The molecule has 120 valence electrons. The fraction of sp³-hybridized carbons (Fsp3) is 0.222. The zero-order chi connectivity index (χ0) is 16.3. The van der Waals surface area contributed by atoms with Crippen molar-refractivity contribution in [3.8, 4) is 0 Å². The Labute approximate surface area is 136 Å². The lowest BCUT2D eigenvalue weighted by Gasteiger charge is -2.07. The number of aromatic amines is 1. The molecule has 3 rings (SSSR count). The van der Waals surface area contributed by atoms with E-state index in [4.69, 9.17) is 0 Å². The highest BCUT2D eigenvalue weighted by Crippen LogP contribution is 2.17. The fourth-order valence-electron chi connectivity index (χ4n) is 2.60. The maximum atomic E-state index is 12.1. The van der Waals surface area contributed by atoms with E-state index in [1.165, 1.54) is 0 Å². The van der Waals surface area contributed by atoms with E-state index in [1.807, 2.05) is 55.5 Å². The lowest BCUT2D eigenvalue weighted by Crippen LogP contribution is -2.26. The molecule has 0 bridgehead atoms. The van der Waals surface area contributed by atoms with Gasteiger partial charge in [-0.2, -0.15) is 0 Å². The average Bonchev–Trinajstić information content (AvgIpc) is 2.91. The van der Waals surface area contributed by atoms with Crippen molar-refractivity contribution in [2.24, 2.45) is 0 Å². The van der Waals surface area contributed by atoms with Gasteiger partial charge in [0.2, 0.25) is 10.0 Å². The second-order valence-electron chi connectivity index (χ2n) is 5.75. The molecule has 0 unspecified atom stereocenters. The van der Waals surface area contributed by atoms with Crippen molar-refractivity contribution in [1.82, 2.24) is 9.71 Å². The molecular formula is C18H20N2O2S. The van der Waals surface area contributed by atoms with E-state index in [1.54, 1.807) is 0 Å². The number of H-pyrrole nitrogens is 1. The highest BCUT2D eigenvalue weighted by molar-refractivity contribution is 7.89. The molecule has 0 aliphatic rings. The first-order chi connectivity index (χ1) is 11.0. The molecule has 3 aromatic rings. The Kier molecular flexibility index (Phi) is 4.50. The van der Waals surface area contributed by atoms with Gasteiger partial charge in [-0.25, -0.2) is 13.1 Å². The molecule has 1 heterocycles. The van der Waals surface area contributed by atoms with Crippen molar-refractivity contribution in [1.29, 1.82) is 0 Å². The van der Waals surface area contributed by atoms with Crippen molar-refractivity contribution < 1.29 is 8.42 Å². The van der Waals surface area contributed by atoms with Gasteiger partial charge in [0.15, 0.2) is 0 Å². The van der Waals surface area contributed by atoms with Gasteiger partial charge in [-0.3, -0.25) is 0 Å². The van der Waals surface area contributed by atoms with Crippen LogP contribution in [-0.4, -0.2) is 19.2 Å². The zero-order valence-electron chi connectivity index (χ0n) is 13.0. The minimum absolute atomic E-state index is 0.0997. The van der Waals surface area contributed by atoms with E-state index in [2.05, 4.69) is 15.8 Å². The highest BCUT2D eigenvalue weighted by Gasteiger charge is 2.10. The first-order valence-corrected chi connectivity index (χ1v) is 9.27. The number of aryl methyl sites for hydroxylation is 2. The third-order valence-corrected chi connectivity index (χ3v) is 5.14. The summed E-state index contributed by atoms with van der Waals surface area (Å²) in [6, 6.07) is 17.6. The third kappa shape index (κ3) is 4.21. The van der Waals surface area contributed by atoms with Gasteiger partial charge >= 0.3 is 0 Å². The minimum Gasteiger partial charge on any atom is -0.359 e. The van der Waals surface area contributed by atoms with Gasteiger partial charge in [0.25, 0.3) is 0 Å². The van der Waals surface area contributed by atoms with Crippen LogP contribution in [0, 0.1) is 6.92 Å². The minimum atomic E-state index is -3.28. The number of hydrogen-bond donors (Lipinski definition) is 2. The summed E-state index contributed by atoms with van der Waals surface area (Å²) < 4.78 is 26.9. The molecule has 0 fully saturated rings. The maximum absolute atomic E-state index is 12.1. The lowest BCUT2D eigenvalue weighted by molar-refractivity contribution is 0.580. The Bertz CT molecular complexity index is 899. The number of hydrogen-bond acceptors (Lipinski definition) is 2. The molecule has 5 heteroatoms. The molecule has 0 spiro atoms. The average molecular weight is 328 g/mol. The maximum Gasteiger partial charge on any atom is 0.212 e. The Hall–Kier alpha value is -2.11. The molecule has 0 radical (unpaired) electrons. The summed E-state index contributed by atoms with van der Waals surface area (Å²) in [6.45, 7) is 2.32. The van der Waals surface area contributed by atoms with Crippen LogP contribution in [0.15, 0.2) is 54.6 Å². The Morgan fingerprint density at radius 2 is 1.78 bits per heavy atom. The van der Waals surface area contributed by atoms with E-state index >= 15 is 0 Å². The molecule has 1 aromatic heterocycles. The number of aromatic nitrogens is 1. The van der Waals surface area contributed by atoms with Gasteiger partial charge < -0.3 is 4.98 Å². The number of sulfonamides is 1. The SMILES string of the molecule is Cc1cc2cc(CNS(=O)(=O)CCc3ccccc3)ccc2[nH]1. The van der Waals surface area contributed by atoms with Crippen LogP contribution in [0.2, 0.25) is 0 Å². The first kappa shape index (κ1) is 15.8. The van der Waals surface area contributed by atoms with Crippen molar-refractivity contribution in [3.63, 3.8) is 0 Å². The number of fused-ring (bicyclic) bond motifs is 1. The number of benzene rings is 2. The normalized spacial score (nSPS) is 11.9. The van der Waals surface area contributed by atoms with E-state index < -0.39 is 10.0 Å². The summed E-state index contributed by atoms with van der Waals surface area (Å²) in [5, 5.41) is 1.10. The molecule has 2 N–H and O–H groups in total. The smallest absolute Gasteiger partial charge is 0.212 e. The van der Waals surface area contributed by atoms with Crippen LogP contribution >= 0.6 is 0 Å². The van der Waals surface area contributed by atoms with Crippen molar-refractivity contribution in [2.75, 3.05) is 5.75 Å². The Balaban J connectivity index is 1.61.